The van der Waals surface area contributed by atoms with Crippen molar-refractivity contribution in [2.75, 3.05) is 0 Å². The van der Waals surface area contributed by atoms with E-state index in [4.69, 9.17) is 4.74 Å². The number of carbonyl (C=O) groups excluding carboxylic acids is 1. The number of esters is 1. The molecule has 0 aliphatic heterocycles. The van der Waals surface area contributed by atoms with E-state index in [0.717, 1.165) is 25.7 Å². The van der Waals surface area contributed by atoms with E-state index in [9.17, 15) is 4.79 Å². The minimum atomic E-state index is -0.296. The van der Waals surface area contributed by atoms with Crippen LogP contribution in [0.15, 0.2) is 36.1 Å². The first kappa shape index (κ1) is 14.7. The second-order valence-electron chi connectivity index (χ2n) is 3.97. The molecule has 0 rings (SSSR count). The highest BCUT2D eigenvalue weighted by Crippen LogP contribution is 2.07. The molecule has 0 saturated carbocycles. The lowest BCUT2D eigenvalue weighted by Gasteiger charge is -2.01. The molecule has 16 heavy (non-hydrogen) atoms. The van der Waals surface area contributed by atoms with Gasteiger partial charge in [0.2, 0.25) is 0 Å². The summed E-state index contributed by atoms with van der Waals surface area (Å²) in [4.78, 5) is 10.7. The van der Waals surface area contributed by atoms with Crippen molar-refractivity contribution >= 4 is 5.97 Å². The van der Waals surface area contributed by atoms with Gasteiger partial charge in [-0.15, -0.1) is 0 Å². The zero-order valence-corrected chi connectivity index (χ0v) is 10.6. The highest BCUT2D eigenvalue weighted by molar-refractivity contribution is 5.67. The first-order chi connectivity index (χ1) is 7.56. The van der Waals surface area contributed by atoms with Crippen LogP contribution >= 0.6 is 0 Å². The van der Waals surface area contributed by atoms with E-state index in [-0.39, 0.29) is 5.97 Å². The van der Waals surface area contributed by atoms with Crippen LogP contribution in [-0.2, 0) is 9.53 Å². The lowest BCUT2D eigenvalue weighted by molar-refractivity contribution is -0.136. The van der Waals surface area contributed by atoms with E-state index >= 15 is 0 Å². The van der Waals surface area contributed by atoms with Crippen LogP contribution in [0.3, 0.4) is 0 Å². The van der Waals surface area contributed by atoms with Crippen LogP contribution in [0.4, 0.5) is 0 Å². The van der Waals surface area contributed by atoms with Crippen molar-refractivity contribution < 1.29 is 9.53 Å². The van der Waals surface area contributed by atoms with Crippen LogP contribution in [0.2, 0.25) is 0 Å². The maximum atomic E-state index is 10.7. The van der Waals surface area contributed by atoms with Gasteiger partial charge in [0, 0.05) is 6.92 Å². The van der Waals surface area contributed by atoms with Gasteiger partial charge >= 0.3 is 5.97 Å². The van der Waals surface area contributed by atoms with Crippen molar-refractivity contribution in [3.63, 3.8) is 0 Å². The highest BCUT2D eigenvalue weighted by atomic mass is 16.5. The molecule has 90 valence electrons. The molecule has 0 radical (unpaired) electrons. The van der Waals surface area contributed by atoms with Gasteiger partial charge in [-0.05, 0) is 51.7 Å². The number of ether oxygens (including phenoxy) is 1. The normalized spacial score (nSPS) is 10.8. The van der Waals surface area contributed by atoms with Crippen molar-refractivity contribution in [2.45, 2.75) is 46.5 Å². The number of hydrogen-bond acceptors (Lipinski definition) is 2. The Morgan fingerprint density at radius 2 is 1.69 bits per heavy atom. The first-order valence-corrected chi connectivity index (χ1v) is 5.70. The minimum absolute atomic E-state index is 0.296. The summed E-state index contributed by atoms with van der Waals surface area (Å²) in [6, 6.07) is 0. The molecule has 0 aliphatic rings. The predicted octanol–water partition coefficient (Wildman–Crippen LogP) is 4.15. The molecule has 0 amide bonds. The summed E-state index contributed by atoms with van der Waals surface area (Å²) in [7, 11) is 0. The summed E-state index contributed by atoms with van der Waals surface area (Å²) in [5.41, 5.74) is 1.36. The third kappa shape index (κ3) is 9.25. The van der Waals surface area contributed by atoms with E-state index < -0.39 is 0 Å². The zero-order valence-electron chi connectivity index (χ0n) is 10.6. The predicted molar refractivity (Wildman–Crippen MR) is 67.9 cm³/mol. The Kier molecular flexibility index (Phi) is 8.22. The molecule has 0 bridgehead atoms. The topological polar surface area (TPSA) is 26.3 Å². The molecule has 0 spiro atoms. The second kappa shape index (κ2) is 8.96. The van der Waals surface area contributed by atoms with E-state index in [1.165, 1.54) is 12.5 Å². The van der Waals surface area contributed by atoms with Gasteiger partial charge in [0.1, 0.15) is 5.76 Å². The third-order valence-electron chi connectivity index (χ3n) is 2.02. The highest BCUT2D eigenvalue weighted by Gasteiger charge is 1.96. The second-order valence-corrected chi connectivity index (χ2v) is 3.97. The van der Waals surface area contributed by atoms with Crippen molar-refractivity contribution in [3.8, 4) is 0 Å². The van der Waals surface area contributed by atoms with Gasteiger partial charge < -0.3 is 4.74 Å². The van der Waals surface area contributed by atoms with Crippen molar-refractivity contribution in [2.24, 2.45) is 0 Å². The molecule has 0 heterocycles. The standard InChI is InChI=1S/C14H22O2/c1-5-14(16-13(4)15)11-9-7-6-8-10-12(2)3/h5,10-11H,1,6-9H2,2-4H3. The Labute approximate surface area is 98.7 Å². The Balaban J connectivity index is 3.75. The Bertz CT molecular complexity index is 281. The summed E-state index contributed by atoms with van der Waals surface area (Å²) < 4.78 is 4.94. The van der Waals surface area contributed by atoms with Gasteiger partial charge in [0.25, 0.3) is 0 Å². The molecule has 0 aromatic carbocycles. The van der Waals surface area contributed by atoms with Gasteiger partial charge in [0.15, 0.2) is 0 Å². The SMILES string of the molecule is C=CC(=CCCCCC=C(C)C)OC(C)=O. The monoisotopic (exact) mass is 222 g/mol. The average molecular weight is 222 g/mol. The molecule has 0 unspecified atom stereocenters. The quantitative estimate of drug-likeness (QED) is 0.213. The summed E-state index contributed by atoms with van der Waals surface area (Å²) in [5, 5.41) is 0. The van der Waals surface area contributed by atoms with Crippen molar-refractivity contribution in [1.29, 1.82) is 0 Å². The van der Waals surface area contributed by atoms with Crippen LogP contribution in [0.5, 0.6) is 0 Å². The molecule has 0 saturated heterocycles. The van der Waals surface area contributed by atoms with E-state index in [1.807, 2.05) is 6.08 Å². The molecule has 2 heteroatoms. The largest absolute Gasteiger partial charge is 0.427 e. The maximum absolute atomic E-state index is 10.7. The fourth-order valence-electron chi connectivity index (χ4n) is 1.26. The van der Waals surface area contributed by atoms with Crippen LogP contribution in [0.1, 0.15) is 46.5 Å². The Hall–Kier alpha value is -1.31. The minimum Gasteiger partial charge on any atom is -0.427 e. The Morgan fingerprint density at radius 1 is 1.12 bits per heavy atom. The molecule has 0 fully saturated rings. The Morgan fingerprint density at radius 3 is 2.12 bits per heavy atom. The zero-order chi connectivity index (χ0) is 12.4. The van der Waals surface area contributed by atoms with Crippen LogP contribution in [0.25, 0.3) is 0 Å². The fraction of sp³-hybridized carbons (Fsp3) is 0.500. The number of unbranched alkanes of at least 4 members (excludes halogenated alkanes) is 3. The average Bonchev–Trinajstić information content (AvgIpc) is 2.20. The van der Waals surface area contributed by atoms with Gasteiger partial charge in [-0.2, -0.15) is 0 Å². The number of carbonyl (C=O) groups is 1. The van der Waals surface area contributed by atoms with E-state index in [0.29, 0.717) is 5.76 Å². The van der Waals surface area contributed by atoms with Gasteiger partial charge in [0.05, 0.1) is 0 Å². The smallest absolute Gasteiger partial charge is 0.308 e. The van der Waals surface area contributed by atoms with Gasteiger partial charge in [-0.1, -0.05) is 18.2 Å². The van der Waals surface area contributed by atoms with Crippen molar-refractivity contribution in [1.82, 2.24) is 0 Å². The summed E-state index contributed by atoms with van der Waals surface area (Å²) in [5.74, 6) is 0.269. The van der Waals surface area contributed by atoms with Crippen LogP contribution < -0.4 is 0 Å². The molecule has 0 aliphatic carbocycles. The number of hydrogen-bond donors (Lipinski definition) is 0. The molecule has 0 atom stereocenters. The van der Waals surface area contributed by atoms with Crippen LogP contribution in [0, 0.1) is 0 Å². The lowest BCUT2D eigenvalue weighted by Crippen LogP contribution is -1.96. The van der Waals surface area contributed by atoms with E-state index in [1.54, 1.807) is 6.08 Å². The maximum Gasteiger partial charge on any atom is 0.308 e. The molecule has 0 aromatic rings. The van der Waals surface area contributed by atoms with Crippen LogP contribution in [-0.4, -0.2) is 5.97 Å². The van der Waals surface area contributed by atoms with E-state index in [2.05, 4.69) is 26.5 Å². The molecule has 0 aromatic heterocycles. The molecular weight excluding hydrogens is 200 g/mol. The molecule has 2 nitrogen and oxygen atoms in total. The number of allylic oxidation sites excluding steroid dienone is 4. The molecule has 0 N–H and O–H groups in total. The van der Waals surface area contributed by atoms with Gasteiger partial charge in [-0.3, -0.25) is 4.79 Å². The summed E-state index contributed by atoms with van der Waals surface area (Å²) >= 11 is 0. The summed E-state index contributed by atoms with van der Waals surface area (Å²) in [6.45, 7) is 9.21. The lowest BCUT2D eigenvalue weighted by atomic mass is 10.1. The molecular formula is C14H22O2. The van der Waals surface area contributed by atoms with Crippen molar-refractivity contribution in [3.05, 3.63) is 36.1 Å². The fourth-order valence-corrected chi connectivity index (χ4v) is 1.26. The first-order valence-electron chi connectivity index (χ1n) is 5.70. The third-order valence-corrected chi connectivity index (χ3v) is 2.02. The summed E-state index contributed by atoms with van der Waals surface area (Å²) in [6.07, 6.45) is 10.0. The number of rotatable bonds is 7. The van der Waals surface area contributed by atoms with Gasteiger partial charge in [-0.25, -0.2) is 0 Å².